The van der Waals surface area contributed by atoms with Gasteiger partial charge < -0.3 is 4.90 Å². The molecule has 1 atom stereocenters. The smallest absolute Gasteiger partial charge is 0.254 e. The van der Waals surface area contributed by atoms with Crippen LogP contribution in [0.5, 0.6) is 0 Å². The van der Waals surface area contributed by atoms with Gasteiger partial charge in [0.05, 0.1) is 12.2 Å². The molecule has 1 aliphatic rings. The quantitative estimate of drug-likeness (QED) is 0.744. The van der Waals surface area contributed by atoms with Crippen molar-refractivity contribution >= 4 is 5.91 Å². The molecular weight excluding hydrogens is 302 g/mol. The van der Waals surface area contributed by atoms with E-state index in [0.29, 0.717) is 12.1 Å². The molecule has 1 aromatic carbocycles. The molecule has 1 aliphatic heterocycles. The minimum Gasteiger partial charge on any atom is -0.336 e. The Morgan fingerprint density at radius 3 is 2.67 bits per heavy atom. The Balaban J connectivity index is 1.48. The second kappa shape index (κ2) is 6.23. The number of benzene rings is 1. The molecule has 24 heavy (non-hydrogen) atoms. The first kappa shape index (κ1) is 14.6. The zero-order chi connectivity index (χ0) is 16.4. The first-order valence-corrected chi connectivity index (χ1v) is 7.98. The van der Waals surface area contributed by atoms with Gasteiger partial charge in [0.1, 0.15) is 5.69 Å². The SMILES string of the molecule is O=C(c1ccncc1)N1CCC(n2cc(-c3ccccc3)nn2)C1. The van der Waals surface area contributed by atoms with Gasteiger partial charge in [0.25, 0.3) is 5.91 Å². The highest BCUT2D eigenvalue weighted by molar-refractivity contribution is 5.94. The number of rotatable bonds is 3. The van der Waals surface area contributed by atoms with Crippen LogP contribution in [0.1, 0.15) is 22.8 Å². The molecule has 6 nitrogen and oxygen atoms in total. The lowest BCUT2D eigenvalue weighted by molar-refractivity contribution is 0.0787. The Bertz CT molecular complexity index is 831. The van der Waals surface area contributed by atoms with Gasteiger partial charge >= 0.3 is 0 Å². The molecule has 3 aromatic rings. The van der Waals surface area contributed by atoms with Crippen LogP contribution in [-0.2, 0) is 0 Å². The van der Waals surface area contributed by atoms with Crippen molar-refractivity contribution < 1.29 is 4.79 Å². The molecule has 6 heteroatoms. The fourth-order valence-corrected chi connectivity index (χ4v) is 3.02. The van der Waals surface area contributed by atoms with Crippen LogP contribution in [0.2, 0.25) is 0 Å². The number of nitrogens with zero attached hydrogens (tertiary/aromatic N) is 5. The van der Waals surface area contributed by atoms with Crippen LogP contribution in [-0.4, -0.2) is 43.9 Å². The van der Waals surface area contributed by atoms with Gasteiger partial charge in [-0.2, -0.15) is 0 Å². The number of likely N-dealkylation sites (tertiary alicyclic amines) is 1. The topological polar surface area (TPSA) is 63.9 Å². The van der Waals surface area contributed by atoms with Gasteiger partial charge in [-0.3, -0.25) is 9.78 Å². The van der Waals surface area contributed by atoms with E-state index in [1.165, 1.54) is 0 Å². The number of carbonyl (C=O) groups excluding carboxylic acids is 1. The van der Waals surface area contributed by atoms with Crippen molar-refractivity contribution in [2.75, 3.05) is 13.1 Å². The van der Waals surface area contributed by atoms with Crippen LogP contribution in [0.4, 0.5) is 0 Å². The van der Waals surface area contributed by atoms with E-state index < -0.39 is 0 Å². The summed E-state index contributed by atoms with van der Waals surface area (Å²) in [4.78, 5) is 18.3. The van der Waals surface area contributed by atoms with Gasteiger partial charge in [0, 0.05) is 36.6 Å². The van der Waals surface area contributed by atoms with E-state index in [0.717, 1.165) is 24.2 Å². The zero-order valence-electron chi connectivity index (χ0n) is 13.1. The molecule has 0 saturated carbocycles. The molecule has 0 radical (unpaired) electrons. The summed E-state index contributed by atoms with van der Waals surface area (Å²) in [6, 6.07) is 13.6. The van der Waals surface area contributed by atoms with E-state index in [2.05, 4.69) is 15.3 Å². The lowest BCUT2D eigenvalue weighted by Crippen LogP contribution is -2.29. The third kappa shape index (κ3) is 2.78. The van der Waals surface area contributed by atoms with Crippen molar-refractivity contribution in [3.05, 3.63) is 66.6 Å². The van der Waals surface area contributed by atoms with Crippen LogP contribution >= 0.6 is 0 Å². The molecule has 1 unspecified atom stereocenters. The minimum atomic E-state index is 0.0447. The maximum Gasteiger partial charge on any atom is 0.254 e. The molecule has 1 amide bonds. The first-order chi connectivity index (χ1) is 11.8. The summed E-state index contributed by atoms with van der Waals surface area (Å²) in [5.41, 5.74) is 2.58. The Kier molecular flexibility index (Phi) is 3.78. The van der Waals surface area contributed by atoms with Gasteiger partial charge in [0.2, 0.25) is 0 Å². The predicted octanol–water partition coefficient (Wildman–Crippen LogP) is 2.43. The number of pyridine rings is 1. The third-order valence-electron chi connectivity index (χ3n) is 4.33. The molecule has 4 rings (SSSR count). The fourth-order valence-electron chi connectivity index (χ4n) is 3.02. The molecular formula is C18H17N5O. The molecule has 1 saturated heterocycles. The summed E-state index contributed by atoms with van der Waals surface area (Å²) in [7, 11) is 0. The van der Waals surface area contributed by atoms with Gasteiger partial charge in [0.15, 0.2) is 0 Å². The van der Waals surface area contributed by atoms with Crippen LogP contribution in [0.15, 0.2) is 61.1 Å². The molecule has 3 heterocycles. The summed E-state index contributed by atoms with van der Waals surface area (Å²) >= 11 is 0. The summed E-state index contributed by atoms with van der Waals surface area (Å²) < 4.78 is 1.88. The number of aromatic nitrogens is 4. The van der Waals surface area contributed by atoms with E-state index in [4.69, 9.17) is 0 Å². The summed E-state index contributed by atoms with van der Waals surface area (Å²) in [5.74, 6) is 0.0447. The van der Waals surface area contributed by atoms with Crippen molar-refractivity contribution in [3.63, 3.8) is 0 Å². The Labute approximate surface area is 139 Å². The molecule has 2 aromatic heterocycles. The maximum absolute atomic E-state index is 12.5. The molecule has 0 bridgehead atoms. The van der Waals surface area contributed by atoms with Crippen molar-refractivity contribution in [1.29, 1.82) is 0 Å². The second-order valence-corrected chi connectivity index (χ2v) is 5.88. The molecule has 0 spiro atoms. The fraction of sp³-hybridized carbons (Fsp3) is 0.222. The van der Waals surface area contributed by atoms with Crippen molar-refractivity contribution in [3.8, 4) is 11.3 Å². The lowest BCUT2D eigenvalue weighted by Gasteiger charge is -2.16. The number of hydrogen-bond acceptors (Lipinski definition) is 4. The van der Waals surface area contributed by atoms with Crippen molar-refractivity contribution in [2.24, 2.45) is 0 Å². The lowest BCUT2D eigenvalue weighted by atomic mass is 10.2. The summed E-state index contributed by atoms with van der Waals surface area (Å²) in [6.45, 7) is 1.38. The monoisotopic (exact) mass is 319 g/mol. The van der Waals surface area contributed by atoms with Crippen LogP contribution in [0.3, 0.4) is 0 Å². The Hall–Kier alpha value is -3.02. The van der Waals surface area contributed by atoms with E-state index in [9.17, 15) is 4.79 Å². The Morgan fingerprint density at radius 2 is 1.88 bits per heavy atom. The molecule has 120 valence electrons. The number of hydrogen-bond donors (Lipinski definition) is 0. The predicted molar refractivity (Wildman–Crippen MR) is 89.3 cm³/mol. The van der Waals surface area contributed by atoms with E-state index in [1.54, 1.807) is 24.5 Å². The minimum absolute atomic E-state index is 0.0447. The van der Waals surface area contributed by atoms with Crippen LogP contribution < -0.4 is 0 Å². The van der Waals surface area contributed by atoms with Crippen LogP contribution in [0, 0.1) is 0 Å². The maximum atomic E-state index is 12.5. The van der Waals surface area contributed by atoms with Crippen molar-refractivity contribution in [1.82, 2.24) is 24.9 Å². The highest BCUT2D eigenvalue weighted by Crippen LogP contribution is 2.24. The average Bonchev–Trinajstić information content (AvgIpc) is 3.32. The second-order valence-electron chi connectivity index (χ2n) is 5.88. The van der Waals surface area contributed by atoms with Gasteiger partial charge in [-0.15, -0.1) is 5.10 Å². The van der Waals surface area contributed by atoms with Crippen LogP contribution in [0.25, 0.3) is 11.3 Å². The number of carbonyl (C=O) groups is 1. The number of amides is 1. The first-order valence-electron chi connectivity index (χ1n) is 7.98. The highest BCUT2D eigenvalue weighted by Gasteiger charge is 2.28. The molecule has 0 N–H and O–H groups in total. The van der Waals surface area contributed by atoms with Gasteiger partial charge in [-0.25, -0.2) is 4.68 Å². The molecule has 1 fully saturated rings. The summed E-state index contributed by atoms with van der Waals surface area (Å²) in [6.07, 6.45) is 6.13. The molecule has 0 aliphatic carbocycles. The third-order valence-corrected chi connectivity index (χ3v) is 4.33. The van der Waals surface area contributed by atoms with E-state index in [1.807, 2.05) is 46.1 Å². The highest BCUT2D eigenvalue weighted by atomic mass is 16.2. The average molecular weight is 319 g/mol. The zero-order valence-corrected chi connectivity index (χ0v) is 13.1. The van der Waals surface area contributed by atoms with E-state index in [-0.39, 0.29) is 11.9 Å². The van der Waals surface area contributed by atoms with E-state index >= 15 is 0 Å². The standard InChI is InChI=1S/C18H17N5O/c24-18(15-6-9-19-10-7-15)22-11-8-16(12-22)23-13-17(20-21-23)14-4-2-1-3-5-14/h1-7,9-10,13,16H,8,11-12H2. The normalized spacial score (nSPS) is 17.2. The largest absolute Gasteiger partial charge is 0.336 e. The van der Waals surface area contributed by atoms with Crippen molar-refractivity contribution in [2.45, 2.75) is 12.5 Å². The van der Waals surface area contributed by atoms with Gasteiger partial charge in [-0.05, 0) is 18.6 Å². The van der Waals surface area contributed by atoms with Gasteiger partial charge in [-0.1, -0.05) is 35.5 Å². The summed E-state index contributed by atoms with van der Waals surface area (Å²) in [5, 5.41) is 8.52. The Morgan fingerprint density at radius 1 is 1.08 bits per heavy atom.